The second-order valence-electron chi connectivity index (χ2n) is 7.63. The van der Waals surface area contributed by atoms with Gasteiger partial charge in [-0.2, -0.15) is 0 Å². The molecule has 4 rings (SSSR count). The molecule has 0 fully saturated rings. The number of benzene rings is 2. The highest BCUT2D eigenvalue weighted by atomic mass is 35.5. The molecule has 2 heterocycles. The van der Waals surface area contributed by atoms with Crippen LogP contribution in [0.2, 0.25) is 5.15 Å². The van der Waals surface area contributed by atoms with E-state index in [2.05, 4.69) is 39.1 Å². The van der Waals surface area contributed by atoms with Crippen LogP contribution < -0.4 is 16.8 Å². The Kier molecular flexibility index (Phi) is 8.39. The number of unbranched alkanes of at least 4 members (excludes halogenated alkanes) is 1. The van der Waals surface area contributed by atoms with E-state index in [0.717, 1.165) is 28.6 Å². The Morgan fingerprint density at radius 3 is 1.91 bits per heavy atom. The van der Waals surface area contributed by atoms with Gasteiger partial charge in [0.1, 0.15) is 0 Å². The minimum atomic E-state index is 0.258. The van der Waals surface area contributed by atoms with E-state index in [9.17, 15) is 0 Å². The van der Waals surface area contributed by atoms with Crippen LogP contribution in [0.1, 0.15) is 39.5 Å². The van der Waals surface area contributed by atoms with E-state index >= 15 is 0 Å². The average molecular weight is 452 g/mol. The van der Waals surface area contributed by atoms with Gasteiger partial charge in [0.2, 0.25) is 0 Å². The van der Waals surface area contributed by atoms with E-state index in [1.54, 1.807) is 0 Å². The molecule has 0 bridgehead atoms. The summed E-state index contributed by atoms with van der Waals surface area (Å²) in [5.74, 6) is 2.13. The summed E-state index contributed by atoms with van der Waals surface area (Å²) in [5, 5.41) is 3.62. The van der Waals surface area contributed by atoms with E-state index < -0.39 is 0 Å². The van der Waals surface area contributed by atoms with Crippen molar-refractivity contribution in [3.05, 3.63) is 53.7 Å². The summed E-state index contributed by atoms with van der Waals surface area (Å²) in [6.45, 7) is 5.37. The minimum Gasteiger partial charge on any atom is -0.381 e. The molecule has 32 heavy (non-hydrogen) atoms. The quantitative estimate of drug-likeness (QED) is 0.329. The third-order valence-corrected chi connectivity index (χ3v) is 5.53. The Morgan fingerprint density at radius 2 is 1.34 bits per heavy atom. The normalized spacial score (nSPS) is 11.7. The molecular formula is C24H30ClN7. The smallest absolute Gasteiger partial charge is 0.171 e. The van der Waals surface area contributed by atoms with Crippen molar-refractivity contribution < 1.29 is 0 Å². The fourth-order valence-electron chi connectivity index (χ4n) is 3.32. The molecular weight excluding hydrogens is 422 g/mol. The van der Waals surface area contributed by atoms with Crippen LogP contribution >= 0.6 is 11.6 Å². The summed E-state index contributed by atoms with van der Waals surface area (Å²) in [6.07, 6.45) is 4.95. The van der Waals surface area contributed by atoms with Crippen LogP contribution in [0.15, 0.2) is 48.5 Å². The second-order valence-corrected chi connectivity index (χ2v) is 7.99. The highest BCUT2D eigenvalue weighted by Crippen LogP contribution is 2.20. The van der Waals surface area contributed by atoms with Gasteiger partial charge in [-0.1, -0.05) is 69.0 Å². The van der Waals surface area contributed by atoms with Gasteiger partial charge in [-0.15, -0.1) is 0 Å². The van der Waals surface area contributed by atoms with E-state index in [1.807, 2.05) is 48.5 Å². The minimum absolute atomic E-state index is 0.258. The van der Waals surface area contributed by atoms with Gasteiger partial charge >= 0.3 is 0 Å². The summed E-state index contributed by atoms with van der Waals surface area (Å²) in [5.41, 5.74) is 14.7. The van der Waals surface area contributed by atoms with Gasteiger partial charge in [0.05, 0.1) is 22.1 Å². The number of nitrogens with two attached hydrogens (primary N) is 2. The van der Waals surface area contributed by atoms with Crippen molar-refractivity contribution in [3.8, 4) is 0 Å². The van der Waals surface area contributed by atoms with Crippen LogP contribution in [0.25, 0.3) is 22.1 Å². The number of fused-ring (bicyclic) bond motifs is 2. The van der Waals surface area contributed by atoms with Crippen molar-refractivity contribution in [1.29, 1.82) is 0 Å². The molecule has 8 heteroatoms. The Bertz CT molecular complexity index is 1130. The molecule has 4 aromatic rings. The maximum atomic E-state index is 5.98. The summed E-state index contributed by atoms with van der Waals surface area (Å²) in [6, 6.07) is 15.2. The topological polar surface area (TPSA) is 116 Å². The number of hydrogen-bond donors (Lipinski definition) is 3. The molecule has 0 saturated carbocycles. The number of aromatic nitrogens is 4. The fourth-order valence-corrected chi connectivity index (χ4v) is 3.45. The molecule has 7 nitrogen and oxygen atoms in total. The fraction of sp³-hybridized carbons (Fsp3) is 0.333. The number of anilines is 3. The number of nitrogen functional groups attached to an aromatic ring is 2. The zero-order chi connectivity index (χ0) is 22.9. The number of rotatable bonds is 7. The third kappa shape index (κ3) is 6.17. The van der Waals surface area contributed by atoms with Crippen LogP contribution in [0, 0.1) is 5.92 Å². The van der Waals surface area contributed by atoms with Crippen molar-refractivity contribution in [2.24, 2.45) is 5.92 Å². The van der Waals surface area contributed by atoms with Gasteiger partial charge in [-0.05, 0) is 36.6 Å². The van der Waals surface area contributed by atoms with Crippen molar-refractivity contribution in [2.75, 3.05) is 23.3 Å². The highest BCUT2D eigenvalue weighted by Gasteiger charge is 2.09. The molecule has 2 aromatic carbocycles. The van der Waals surface area contributed by atoms with Crippen molar-refractivity contribution >= 4 is 51.1 Å². The predicted molar refractivity (Wildman–Crippen MR) is 135 cm³/mol. The monoisotopic (exact) mass is 451 g/mol. The summed E-state index contributed by atoms with van der Waals surface area (Å²) in [4.78, 5) is 17.1. The number of nitrogens with zero attached hydrogens (tertiary/aromatic N) is 4. The molecule has 2 aromatic heterocycles. The zero-order valence-electron chi connectivity index (χ0n) is 18.6. The van der Waals surface area contributed by atoms with Gasteiger partial charge in [0.25, 0.3) is 0 Å². The lowest BCUT2D eigenvalue weighted by Gasteiger charge is -2.16. The van der Waals surface area contributed by atoms with Crippen LogP contribution in [0.4, 0.5) is 17.5 Å². The van der Waals surface area contributed by atoms with E-state index in [1.165, 1.54) is 25.7 Å². The standard InChI is InChI=1S/C16H24N4.C8H6ClN3/c1-3-5-8-12(4-2)11-18-16-15(17)19-13-9-6-7-10-14(13)20-16;9-7-8(10)12-6-4-2-1-3-5(6)11-7/h6-7,9-10,12H,3-5,8,11H2,1-2H3,(H2,17,19)(H,18,20);1-4H,(H2,10,12). The molecule has 0 spiro atoms. The lowest BCUT2D eigenvalue weighted by molar-refractivity contribution is 0.472. The summed E-state index contributed by atoms with van der Waals surface area (Å²) in [7, 11) is 0. The van der Waals surface area contributed by atoms with Crippen LogP contribution in [-0.2, 0) is 0 Å². The maximum Gasteiger partial charge on any atom is 0.171 e. The number of halogens is 1. The molecule has 5 N–H and O–H groups in total. The first-order chi connectivity index (χ1) is 15.5. The predicted octanol–water partition coefficient (Wildman–Crippen LogP) is 5.71. The van der Waals surface area contributed by atoms with Crippen LogP contribution in [0.5, 0.6) is 0 Å². The molecule has 1 unspecified atom stereocenters. The largest absolute Gasteiger partial charge is 0.381 e. The Balaban J connectivity index is 0.000000204. The van der Waals surface area contributed by atoms with Gasteiger partial charge in [-0.3, -0.25) is 0 Å². The third-order valence-electron chi connectivity index (χ3n) is 5.25. The first-order valence-corrected chi connectivity index (χ1v) is 11.3. The number of hydrogen-bond acceptors (Lipinski definition) is 7. The average Bonchev–Trinajstić information content (AvgIpc) is 2.80. The first-order valence-electron chi connectivity index (χ1n) is 11.0. The zero-order valence-corrected chi connectivity index (χ0v) is 19.3. The lowest BCUT2D eigenvalue weighted by Crippen LogP contribution is -2.16. The highest BCUT2D eigenvalue weighted by molar-refractivity contribution is 6.31. The molecule has 0 aliphatic carbocycles. The Hall–Kier alpha value is -3.19. The van der Waals surface area contributed by atoms with Gasteiger partial charge in [0, 0.05) is 6.54 Å². The van der Waals surface area contributed by atoms with E-state index in [4.69, 9.17) is 23.1 Å². The first kappa shape index (κ1) is 23.5. The second kappa shape index (κ2) is 11.4. The van der Waals surface area contributed by atoms with Gasteiger partial charge in [0.15, 0.2) is 22.6 Å². The lowest BCUT2D eigenvalue weighted by atomic mass is 9.99. The number of nitrogens with one attached hydrogen (secondary N) is 1. The molecule has 0 radical (unpaired) electrons. The van der Waals surface area contributed by atoms with E-state index in [-0.39, 0.29) is 11.0 Å². The Labute approximate surface area is 193 Å². The van der Waals surface area contributed by atoms with Crippen LogP contribution in [0.3, 0.4) is 0 Å². The van der Waals surface area contributed by atoms with E-state index in [0.29, 0.717) is 17.6 Å². The summed E-state index contributed by atoms with van der Waals surface area (Å²) < 4.78 is 0. The van der Waals surface area contributed by atoms with Gasteiger partial charge < -0.3 is 16.8 Å². The molecule has 0 amide bonds. The molecule has 0 aliphatic heterocycles. The van der Waals surface area contributed by atoms with Crippen molar-refractivity contribution in [1.82, 2.24) is 19.9 Å². The van der Waals surface area contributed by atoms with Gasteiger partial charge in [-0.25, -0.2) is 19.9 Å². The molecule has 168 valence electrons. The van der Waals surface area contributed by atoms with Crippen molar-refractivity contribution in [2.45, 2.75) is 39.5 Å². The summed E-state index contributed by atoms with van der Waals surface area (Å²) >= 11 is 5.69. The molecule has 1 atom stereocenters. The molecule has 0 saturated heterocycles. The number of para-hydroxylation sites is 4. The Morgan fingerprint density at radius 1 is 0.812 bits per heavy atom. The maximum absolute atomic E-state index is 5.98. The van der Waals surface area contributed by atoms with Crippen molar-refractivity contribution in [3.63, 3.8) is 0 Å². The van der Waals surface area contributed by atoms with Crippen LogP contribution in [-0.4, -0.2) is 26.5 Å². The molecule has 0 aliphatic rings. The SMILES string of the molecule is CCCCC(CC)CNc1nc2ccccc2nc1N.Nc1nc2ccccc2nc1Cl.